The van der Waals surface area contributed by atoms with E-state index in [1.165, 1.54) is 5.56 Å². The van der Waals surface area contributed by atoms with Crippen molar-refractivity contribution in [1.82, 2.24) is 5.43 Å². The van der Waals surface area contributed by atoms with E-state index in [0.717, 1.165) is 35.7 Å². The molecule has 0 spiro atoms. The van der Waals surface area contributed by atoms with Crippen LogP contribution >= 0.6 is 0 Å². The Labute approximate surface area is 153 Å². The standard InChI is InChI=1S/C20H24N4O2/c1-13-11-19(25)23-24-20(13)15-5-8-18(17(21)12-15)22-10-9-14-3-6-16(26-2)7-4-14/h3-8,12-13,22H,9-11,21H2,1-2H3,(H,23,25). The minimum absolute atomic E-state index is 0.0500. The molecule has 1 aliphatic rings. The highest BCUT2D eigenvalue weighted by Crippen LogP contribution is 2.24. The summed E-state index contributed by atoms with van der Waals surface area (Å²) in [6, 6.07) is 13.9. The number of methoxy groups -OCH3 is 1. The highest BCUT2D eigenvalue weighted by atomic mass is 16.5. The highest BCUT2D eigenvalue weighted by Gasteiger charge is 2.21. The molecule has 0 radical (unpaired) electrons. The molecule has 0 bridgehead atoms. The Morgan fingerprint density at radius 1 is 1.27 bits per heavy atom. The van der Waals surface area contributed by atoms with Gasteiger partial charge in [0.1, 0.15) is 5.75 Å². The number of hydrazone groups is 1. The second kappa shape index (κ2) is 7.91. The molecule has 0 saturated heterocycles. The van der Waals surface area contributed by atoms with E-state index in [9.17, 15) is 4.79 Å². The molecule has 26 heavy (non-hydrogen) atoms. The van der Waals surface area contributed by atoms with Crippen LogP contribution in [0, 0.1) is 5.92 Å². The van der Waals surface area contributed by atoms with E-state index in [1.807, 2.05) is 37.3 Å². The molecule has 1 aliphatic heterocycles. The summed E-state index contributed by atoms with van der Waals surface area (Å²) in [5.41, 5.74) is 13.3. The lowest BCUT2D eigenvalue weighted by molar-refractivity contribution is -0.121. The smallest absolute Gasteiger partial charge is 0.240 e. The maximum Gasteiger partial charge on any atom is 0.240 e. The highest BCUT2D eigenvalue weighted by molar-refractivity contribution is 6.06. The van der Waals surface area contributed by atoms with Crippen LogP contribution in [-0.4, -0.2) is 25.3 Å². The summed E-state index contributed by atoms with van der Waals surface area (Å²) < 4.78 is 5.17. The minimum atomic E-state index is -0.0500. The molecule has 1 heterocycles. The number of hydrogen-bond donors (Lipinski definition) is 3. The number of amides is 1. The third-order valence-electron chi connectivity index (χ3n) is 4.49. The number of nitrogens with zero attached hydrogens (tertiary/aromatic N) is 1. The summed E-state index contributed by atoms with van der Waals surface area (Å²) in [6.07, 6.45) is 1.33. The van der Waals surface area contributed by atoms with Gasteiger partial charge in [0, 0.05) is 24.4 Å². The molecule has 0 aliphatic carbocycles. The van der Waals surface area contributed by atoms with Crippen molar-refractivity contribution in [2.75, 3.05) is 24.7 Å². The lowest BCUT2D eigenvalue weighted by Crippen LogP contribution is -2.32. The number of hydrogen-bond acceptors (Lipinski definition) is 5. The molecule has 1 amide bonds. The number of rotatable bonds is 6. The van der Waals surface area contributed by atoms with Crippen molar-refractivity contribution in [2.24, 2.45) is 11.0 Å². The number of nitrogens with two attached hydrogens (primary N) is 1. The fourth-order valence-electron chi connectivity index (χ4n) is 3.02. The summed E-state index contributed by atoms with van der Waals surface area (Å²) in [7, 11) is 1.66. The molecule has 6 heteroatoms. The normalized spacial score (nSPS) is 16.6. The van der Waals surface area contributed by atoms with E-state index < -0.39 is 0 Å². The molecule has 3 rings (SSSR count). The first-order valence-electron chi connectivity index (χ1n) is 8.70. The molecule has 4 N–H and O–H groups in total. The SMILES string of the molecule is COc1ccc(CCNc2ccc(C3=NNC(=O)CC3C)cc2N)cc1. The number of anilines is 2. The van der Waals surface area contributed by atoms with Crippen LogP contribution in [0.2, 0.25) is 0 Å². The van der Waals surface area contributed by atoms with Crippen molar-refractivity contribution in [2.45, 2.75) is 19.8 Å². The summed E-state index contributed by atoms with van der Waals surface area (Å²) in [4.78, 5) is 11.4. The van der Waals surface area contributed by atoms with Gasteiger partial charge in [-0.2, -0.15) is 5.10 Å². The van der Waals surface area contributed by atoms with Crippen molar-refractivity contribution in [3.63, 3.8) is 0 Å². The van der Waals surface area contributed by atoms with E-state index >= 15 is 0 Å². The van der Waals surface area contributed by atoms with Crippen LogP contribution in [0.15, 0.2) is 47.6 Å². The van der Waals surface area contributed by atoms with Gasteiger partial charge in [-0.15, -0.1) is 0 Å². The Kier molecular flexibility index (Phi) is 5.41. The van der Waals surface area contributed by atoms with Gasteiger partial charge in [0.15, 0.2) is 0 Å². The lowest BCUT2D eigenvalue weighted by atomic mass is 9.93. The van der Waals surface area contributed by atoms with Crippen molar-refractivity contribution in [1.29, 1.82) is 0 Å². The predicted octanol–water partition coefficient (Wildman–Crippen LogP) is 2.79. The topological polar surface area (TPSA) is 88.7 Å². The van der Waals surface area contributed by atoms with E-state index in [4.69, 9.17) is 10.5 Å². The monoisotopic (exact) mass is 352 g/mol. The average Bonchev–Trinajstić information content (AvgIpc) is 2.64. The Morgan fingerprint density at radius 2 is 2.04 bits per heavy atom. The number of benzene rings is 2. The third kappa shape index (κ3) is 4.14. The molecule has 0 fully saturated rings. The molecule has 0 aromatic heterocycles. The molecular weight excluding hydrogens is 328 g/mol. The number of nitrogens with one attached hydrogen (secondary N) is 2. The Morgan fingerprint density at radius 3 is 2.69 bits per heavy atom. The van der Waals surface area contributed by atoms with Gasteiger partial charge in [-0.3, -0.25) is 4.79 Å². The van der Waals surface area contributed by atoms with Gasteiger partial charge in [-0.25, -0.2) is 5.43 Å². The van der Waals surface area contributed by atoms with E-state index in [2.05, 4.69) is 28.0 Å². The second-order valence-corrected chi connectivity index (χ2v) is 6.46. The molecule has 2 aromatic carbocycles. The fraction of sp³-hybridized carbons (Fsp3) is 0.300. The van der Waals surface area contributed by atoms with Gasteiger partial charge in [-0.1, -0.05) is 25.1 Å². The van der Waals surface area contributed by atoms with E-state index in [-0.39, 0.29) is 11.8 Å². The van der Waals surface area contributed by atoms with Gasteiger partial charge < -0.3 is 15.8 Å². The molecule has 1 atom stereocenters. The second-order valence-electron chi connectivity index (χ2n) is 6.46. The molecule has 6 nitrogen and oxygen atoms in total. The van der Waals surface area contributed by atoms with Crippen molar-refractivity contribution in [3.8, 4) is 5.75 Å². The predicted molar refractivity (Wildman–Crippen MR) is 105 cm³/mol. The largest absolute Gasteiger partial charge is 0.497 e. The van der Waals surface area contributed by atoms with Crippen LogP contribution in [0.5, 0.6) is 5.75 Å². The van der Waals surface area contributed by atoms with Crippen molar-refractivity contribution >= 4 is 23.0 Å². The van der Waals surface area contributed by atoms with Crippen LogP contribution in [0.4, 0.5) is 11.4 Å². The zero-order chi connectivity index (χ0) is 18.5. The van der Waals surface area contributed by atoms with Gasteiger partial charge in [0.2, 0.25) is 5.91 Å². The van der Waals surface area contributed by atoms with Gasteiger partial charge in [0.05, 0.1) is 24.2 Å². The molecule has 1 unspecified atom stereocenters. The van der Waals surface area contributed by atoms with Gasteiger partial charge in [-0.05, 0) is 36.2 Å². The summed E-state index contributed by atoms with van der Waals surface area (Å²) in [5, 5.41) is 7.55. The zero-order valence-electron chi connectivity index (χ0n) is 15.1. The Hall–Kier alpha value is -3.02. The first kappa shape index (κ1) is 17.8. The number of ether oxygens (including phenoxy) is 1. The van der Waals surface area contributed by atoms with Crippen LogP contribution in [0.3, 0.4) is 0 Å². The van der Waals surface area contributed by atoms with Crippen LogP contribution in [0.25, 0.3) is 0 Å². The first-order valence-corrected chi connectivity index (χ1v) is 8.70. The van der Waals surface area contributed by atoms with E-state index in [1.54, 1.807) is 7.11 Å². The Balaban J connectivity index is 1.61. The third-order valence-corrected chi connectivity index (χ3v) is 4.49. The van der Waals surface area contributed by atoms with Gasteiger partial charge in [0.25, 0.3) is 0 Å². The number of nitrogen functional groups attached to an aromatic ring is 1. The number of carbonyl (C=O) groups excluding carboxylic acids is 1. The minimum Gasteiger partial charge on any atom is -0.497 e. The first-order chi connectivity index (χ1) is 12.6. The maximum atomic E-state index is 11.4. The van der Waals surface area contributed by atoms with Crippen molar-refractivity contribution < 1.29 is 9.53 Å². The Bertz CT molecular complexity index is 815. The van der Waals surface area contributed by atoms with Crippen molar-refractivity contribution in [3.05, 3.63) is 53.6 Å². The summed E-state index contributed by atoms with van der Waals surface area (Å²) >= 11 is 0. The maximum absolute atomic E-state index is 11.4. The zero-order valence-corrected chi connectivity index (χ0v) is 15.1. The van der Waals surface area contributed by atoms with Crippen LogP contribution < -0.4 is 21.2 Å². The fourth-order valence-corrected chi connectivity index (χ4v) is 3.02. The van der Waals surface area contributed by atoms with Gasteiger partial charge >= 0.3 is 0 Å². The summed E-state index contributed by atoms with van der Waals surface area (Å²) in [6.45, 7) is 2.78. The quantitative estimate of drug-likeness (QED) is 0.698. The molecule has 0 saturated carbocycles. The van der Waals surface area contributed by atoms with Crippen LogP contribution in [-0.2, 0) is 11.2 Å². The van der Waals surface area contributed by atoms with Crippen LogP contribution in [0.1, 0.15) is 24.5 Å². The molecule has 2 aromatic rings. The lowest BCUT2D eigenvalue weighted by Gasteiger charge is -2.20. The van der Waals surface area contributed by atoms with E-state index in [0.29, 0.717) is 12.1 Å². The average molecular weight is 352 g/mol. The summed E-state index contributed by atoms with van der Waals surface area (Å²) in [5.74, 6) is 0.889. The molecular formula is C20H24N4O2. The molecule has 136 valence electrons. The number of carbonyl (C=O) groups is 1.